The number of aliphatic carboxylic acids is 1. The molecule has 1 saturated carbocycles. The lowest BCUT2D eigenvalue weighted by Crippen LogP contribution is -2.44. The molecule has 0 spiro atoms. The number of carbonyl (C=O) groups is 2. The molecule has 4 nitrogen and oxygen atoms in total. The van der Waals surface area contributed by atoms with Crippen molar-refractivity contribution in [3.8, 4) is 0 Å². The van der Waals surface area contributed by atoms with Gasteiger partial charge in [-0.3, -0.25) is 4.79 Å². The third-order valence-corrected chi connectivity index (χ3v) is 4.24. The number of hydrogen-bond acceptors (Lipinski definition) is 2. The Kier molecular flexibility index (Phi) is 8.79. The van der Waals surface area contributed by atoms with Crippen molar-refractivity contribution in [3.05, 3.63) is 12.7 Å². The summed E-state index contributed by atoms with van der Waals surface area (Å²) in [5.74, 6) is -0.952. The van der Waals surface area contributed by atoms with Crippen molar-refractivity contribution in [3.63, 3.8) is 0 Å². The lowest BCUT2D eigenvalue weighted by molar-refractivity contribution is -0.142. The van der Waals surface area contributed by atoms with Crippen LogP contribution in [-0.2, 0) is 9.59 Å². The van der Waals surface area contributed by atoms with Gasteiger partial charge >= 0.3 is 5.97 Å². The van der Waals surface area contributed by atoms with E-state index in [9.17, 15) is 14.7 Å². The van der Waals surface area contributed by atoms with Crippen LogP contribution in [0.1, 0.15) is 70.6 Å². The molecule has 1 amide bonds. The first-order chi connectivity index (χ1) is 10.1. The number of carbonyl (C=O) groups excluding carboxylic acids is 1. The highest BCUT2D eigenvalue weighted by atomic mass is 16.4. The topological polar surface area (TPSA) is 66.4 Å². The third kappa shape index (κ3) is 7.30. The molecule has 0 aliphatic heterocycles. The summed E-state index contributed by atoms with van der Waals surface area (Å²) in [4.78, 5) is 23.4. The quantitative estimate of drug-likeness (QED) is 0.477. The molecule has 0 saturated heterocycles. The monoisotopic (exact) mass is 295 g/mol. The van der Waals surface area contributed by atoms with Crippen LogP contribution in [0.5, 0.6) is 0 Å². The van der Waals surface area contributed by atoms with Crippen LogP contribution in [-0.4, -0.2) is 23.0 Å². The van der Waals surface area contributed by atoms with Crippen molar-refractivity contribution in [1.29, 1.82) is 0 Å². The van der Waals surface area contributed by atoms with Crippen LogP contribution in [0.15, 0.2) is 12.7 Å². The Balaban J connectivity index is 2.26. The van der Waals surface area contributed by atoms with Gasteiger partial charge in [0.05, 0.1) is 0 Å². The highest BCUT2D eigenvalue weighted by Gasteiger charge is 2.25. The second-order valence-corrected chi connectivity index (χ2v) is 6.01. The van der Waals surface area contributed by atoms with Gasteiger partial charge in [-0.05, 0) is 32.1 Å². The molecule has 0 heterocycles. The fourth-order valence-electron chi connectivity index (χ4n) is 2.90. The van der Waals surface area contributed by atoms with Gasteiger partial charge in [0, 0.05) is 5.92 Å². The van der Waals surface area contributed by atoms with Gasteiger partial charge in [0.25, 0.3) is 0 Å². The van der Waals surface area contributed by atoms with E-state index in [2.05, 4.69) is 11.9 Å². The number of hydrogen-bond donors (Lipinski definition) is 2. The van der Waals surface area contributed by atoms with Gasteiger partial charge in [-0.1, -0.05) is 44.6 Å². The molecule has 21 heavy (non-hydrogen) atoms. The Hall–Kier alpha value is -1.32. The zero-order valence-corrected chi connectivity index (χ0v) is 13.0. The minimum Gasteiger partial charge on any atom is -0.480 e. The highest BCUT2D eigenvalue weighted by molar-refractivity contribution is 5.84. The van der Waals surface area contributed by atoms with Crippen molar-refractivity contribution in [2.45, 2.75) is 76.7 Å². The van der Waals surface area contributed by atoms with Gasteiger partial charge in [-0.2, -0.15) is 0 Å². The molecule has 1 aliphatic rings. The molecule has 1 rings (SSSR count). The van der Waals surface area contributed by atoms with Crippen LogP contribution in [0.2, 0.25) is 0 Å². The number of nitrogens with one attached hydrogen (secondary N) is 1. The lowest BCUT2D eigenvalue weighted by Gasteiger charge is -2.23. The van der Waals surface area contributed by atoms with Crippen LogP contribution in [0, 0.1) is 5.92 Å². The molecule has 0 unspecified atom stereocenters. The number of allylic oxidation sites excluding steroid dienone is 1. The Morgan fingerprint density at radius 1 is 1.14 bits per heavy atom. The van der Waals surface area contributed by atoms with Crippen LogP contribution in [0.3, 0.4) is 0 Å². The molecule has 0 aromatic rings. The van der Waals surface area contributed by atoms with Gasteiger partial charge in [0.1, 0.15) is 6.04 Å². The first kappa shape index (κ1) is 17.7. The average Bonchev–Trinajstić information content (AvgIpc) is 2.50. The van der Waals surface area contributed by atoms with E-state index >= 15 is 0 Å². The molecule has 1 aliphatic carbocycles. The van der Waals surface area contributed by atoms with Crippen molar-refractivity contribution in [2.75, 3.05) is 0 Å². The second kappa shape index (κ2) is 10.4. The van der Waals surface area contributed by atoms with E-state index in [0.717, 1.165) is 57.8 Å². The van der Waals surface area contributed by atoms with E-state index in [1.165, 1.54) is 6.42 Å². The van der Waals surface area contributed by atoms with Crippen molar-refractivity contribution in [2.24, 2.45) is 5.92 Å². The summed E-state index contributed by atoms with van der Waals surface area (Å²) in [6, 6.07) is -0.723. The summed E-state index contributed by atoms with van der Waals surface area (Å²) in [5.41, 5.74) is 0. The molecule has 1 fully saturated rings. The maximum atomic E-state index is 12.1. The number of carboxylic acids is 1. The summed E-state index contributed by atoms with van der Waals surface area (Å²) in [7, 11) is 0. The van der Waals surface area contributed by atoms with Crippen molar-refractivity contribution < 1.29 is 14.7 Å². The van der Waals surface area contributed by atoms with Gasteiger partial charge < -0.3 is 10.4 Å². The molecule has 2 N–H and O–H groups in total. The fraction of sp³-hybridized carbons (Fsp3) is 0.765. The average molecular weight is 295 g/mol. The summed E-state index contributed by atoms with van der Waals surface area (Å²) < 4.78 is 0. The van der Waals surface area contributed by atoms with Gasteiger partial charge in [0.15, 0.2) is 0 Å². The first-order valence-corrected chi connectivity index (χ1v) is 8.29. The second-order valence-electron chi connectivity index (χ2n) is 6.01. The van der Waals surface area contributed by atoms with E-state index in [1.54, 1.807) is 0 Å². The number of carboxylic acid groups (broad SMARTS) is 1. The molecule has 0 aromatic carbocycles. The van der Waals surface area contributed by atoms with Gasteiger partial charge in [-0.25, -0.2) is 4.79 Å². The largest absolute Gasteiger partial charge is 0.480 e. The summed E-state index contributed by atoms with van der Waals surface area (Å²) >= 11 is 0. The molecule has 1 atom stereocenters. The zero-order valence-electron chi connectivity index (χ0n) is 13.0. The first-order valence-electron chi connectivity index (χ1n) is 8.29. The zero-order chi connectivity index (χ0) is 15.5. The SMILES string of the molecule is C=CCCCCCC[C@H](NC(=O)C1CCCCC1)C(=O)O. The van der Waals surface area contributed by atoms with E-state index in [1.807, 2.05) is 6.08 Å². The van der Waals surface area contributed by atoms with Gasteiger partial charge in [0.2, 0.25) is 5.91 Å². The third-order valence-electron chi connectivity index (χ3n) is 4.24. The van der Waals surface area contributed by atoms with E-state index < -0.39 is 12.0 Å². The summed E-state index contributed by atoms with van der Waals surface area (Å²) in [6.07, 6.45) is 12.7. The Bertz CT molecular complexity index is 335. The highest BCUT2D eigenvalue weighted by Crippen LogP contribution is 2.24. The lowest BCUT2D eigenvalue weighted by atomic mass is 9.88. The molecule has 0 radical (unpaired) electrons. The smallest absolute Gasteiger partial charge is 0.326 e. The summed E-state index contributed by atoms with van der Waals surface area (Å²) in [6.45, 7) is 3.68. The Labute approximate surface area is 128 Å². The van der Waals surface area contributed by atoms with Crippen LogP contribution < -0.4 is 5.32 Å². The molecule has 0 bridgehead atoms. The van der Waals surface area contributed by atoms with Crippen molar-refractivity contribution in [1.82, 2.24) is 5.32 Å². The van der Waals surface area contributed by atoms with E-state index in [0.29, 0.717) is 6.42 Å². The van der Waals surface area contributed by atoms with Crippen LogP contribution >= 0.6 is 0 Å². The number of unbranched alkanes of at least 4 members (excludes halogenated alkanes) is 4. The molecular formula is C17H29NO3. The van der Waals surface area contributed by atoms with Crippen molar-refractivity contribution >= 4 is 11.9 Å². The molecular weight excluding hydrogens is 266 g/mol. The minimum absolute atomic E-state index is 0.0215. The normalized spacial score (nSPS) is 17.1. The standard InChI is InChI=1S/C17H29NO3/c1-2-3-4-5-6-10-13-15(17(20)21)18-16(19)14-11-8-7-9-12-14/h2,14-15H,1,3-13H2,(H,18,19)(H,20,21)/t15-/m0/s1. The maximum Gasteiger partial charge on any atom is 0.326 e. The van der Waals surface area contributed by atoms with Crippen LogP contribution in [0.25, 0.3) is 0 Å². The molecule has 4 heteroatoms. The predicted molar refractivity (Wildman–Crippen MR) is 84.0 cm³/mol. The molecule has 120 valence electrons. The Morgan fingerprint density at radius 3 is 2.43 bits per heavy atom. The van der Waals surface area contributed by atoms with Crippen LogP contribution in [0.4, 0.5) is 0 Å². The Morgan fingerprint density at radius 2 is 1.81 bits per heavy atom. The van der Waals surface area contributed by atoms with E-state index in [4.69, 9.17) is 0 Å². The minimum atomic E-state index is -0.912. The fourth-order valence-corrected chi connectivity index (χ4v) is 2.90. The number of rotatable bonds is 10. The number of amides is 1. The van der Waals surface area contributed by atoms with E-state index in [-0.39, 0.29) is 11.8 Å². The maximum absolute atomic E-state index is 12.1. The summed E-state index contributed by atoms with van der Waals surface area (Å²) in [5, 5.41) is 12.0. The molecule has 0 aromatic heterocycles. The predicted octanol–water partition coefficient (Wildman–Crippen LogP) is 3.66. The van der Waals surface area contributed by atoms with Gasteiger partial charge in [-0.15, -0.1) is 6.58 Å².